The number of halogens is 1. The van der Waals surface area contributed by atoms with Crippen LogP contribution in [0, 0.1) is 26.6 Å². The van der Waals surface area contributed by atoms with E-state index in [0.717, 1.165) is 57.2 Å². The first-order chi connectivity index (χ1) is 16.9. The Balaban J connectivity index is 1.41. The molecule has 2 aromatic heterocycles. The summed E-state index contributed by atoms with van der Waals surface area (Å²) < 4.78 is 20.7. The molecule has 4 rings (SSSR count). The van der Waals surface area contributed by atoms with Crippen LogP contribution in [0.4, 0.5) is 4.39 Å². The molecule has 0 bridgehead atoms. The van der Waals surface area contributed by atoms with Gasteiger partial charge in [-0.3, -0.25) is 4.79 Å². The van der Waals surface area contributed by atoms with E-state index in [2.05, 4.69) is 5.32 Å². The molecule has 0 saturated heterocycles. The first-order valence-electron chi connectivity index (χ1n) is 12.0. The van der Waals surface area contributed by atoms with Crippen molar-refractivity contribution in [2.45, 2.75) is 47.0 Å². The predicted octanol–water partition coefficient (Wildman–Crippen LogP) is 5.15. The molecule has 6 nitrogen and oxygen atoms in total. The van der Waals surface area contributed by atoms with Gasteiger partial charge in [-0.1, -0.05) is 24.3 Å². The van der Waals surface area contributed by atoms with Crippen LogP contribution >= 0.6 is 0 Å². The maximum absolute atomic E-state index is 13.4. The van der Waals surface area contributed by atoms with Crippen molar-refractivity contribution < 1.29 is 13.9 Å². The van der Waals surface area contributed by atoms with E-state index in [0.29, 0.717) is 26.0 Å². The highest BCUT2D eigenvalue weighted by Gasteiger charge is 2.18. The smallest absolute Gasteiger partial charge is 0.220 e. The number of fused-ring (bicyclic) bond motifs is 1. The summed E-state index contributed by atoms with van der Waals surface area (Å²) in [7, 11) is 0. The molecule has 0 saturated carbocycles. The molecule has 4 aromatic rings. The van der Waals surface area contributed by atoms with Crippen molar-refractivity contribution in [2.75, 3.05) is 13.2 Å². The molecule has 0 radical (unpaired) electrons. The van der Waals surface area contributed by atoms with E-state index >= 15 is 0 Å². The third-order valence-electron chi connectivity index (χ3n) is 6.21. The summed E-state index contributed by atoms with van der Waals surface area (Å²) in [6.45, 7) is 9.08. The number of amides is 1. The Morgan fingerprint density at radius 3 is 2.40 bits per heavy atom. The number of aromatic nitrogens is 3. The second-order valence-electron chi connectivity index (χ2n) is 8.64. The van der Waals surface area contributed by atoms with Crippen molar-refractivity contribution in [1.29, 1.82) is 0 Å². The fourth-order valence-electron chi connectivity index (χ4n) is 4.38. The van der Waals surface area contributed by atoms with E-state index < -0.39 is 0 Å². The van der Waals surface area contributed by atoms with Crippen LogP contribution in [0.15, 0.2) is 48.5 Å². The maximum atomic E-state index is 13.4. The number of benzene rings is 2. The average Bonchev–Trinajstić information content (AvgIpc) is 3.16. The van der Waals surface area contributed by atoms with Gasteiger partial charge in [-0.25, -0.2) is 13.9 Å². The van der Waals surface area contributed by atoms with Gasteiger partial charge in [-0.15, -0.1) is 0 Å². The lowest BCUT2D eigenvalue weighted by Crippen LogP contribution is -2.26. The van der Waals surface area contributed by atoms with Crippen molar-refractivity contribution in [1.82, 2.24) is 19.9 Å². The molecule has 0 fully saturated rings. The SMILES string of the molecule is CCOc1ccc(CCNC(=O)CCc2c(C)nc3c(-c4ccc(F)cc4)c(C)nn3c2C)cc1. The van der Waals surface area contributed by atoms with Gasteiger partial charge in [0, 0.05) is 29.9 Å². The van der Waals surface area contributed by atoms with Crippen LogP contribution in [0.2, 0.25) is 0 Å². The van der Waals surface area contributed by atoms with Crippen molar-refractivity contribution in [2.24, 2.45) is 0 Å². The fourth-order valence-corrected chi connectivity index (χ4v) is 4.38. The Hall–Kier alpha value is -3.74. The number of carbonyl (C=O) groups excluding carboxylic acids is 1. The second-order valence-corrected chi connectivity index (χ2v) is 8.64. The van der Waals surface area contributed by atoms with Crippen LogP contribution in [-0.4, -0.2) is 33.7 Å². The van der Waals surface area contributed by atoms with Gasteiger partial charge < -0.3 is 10.1 Å². The van der Waals surface area contributed by atoms with Gasteiger partial charge in [-0.05, 0) is 81.5 Å². The molecule has 1 amide bonds. The molecule has 182 valence electrons. The van der Waals surface area contributed by atoms with Crippen LogP contribution < -0.4 is 10.1 Å². The van der Waals surface area contributed by atoms with Crippen LogP contribution in [0.5, 0.6) is 5.75 Å². The molecule has 7 heteroatoms. The quantitative estimate of drug-likeness (QED) is 0.364. The molecular weight excluding hydrogens is 443 g/mol. The molecule has 0 spiro atoms. The number of hydrogen-bond donors (Lipinski definition) is 1. The van der Waals surface area contributed by atoms with Crippen molar-refractivity contribution >= 4 is 11.6 Å². The van der Waals surface area contributed by atoms with Gasteiger partial charge in [0.05, 0.1) is 12.3 Å². The maximum Gasteiger partial charge on any atom is 0.220 e. The lowest BCUT2D eigenvalue weighted by molar-refractivity contribution is -0.121. The molecule has 0 atom stereocenters. The highest BCUT2D eigenvalue weighted by Crippen LogP contribution is 2.29. The standard InChI is InChI=1S/C28H31FN4O2/c1-5-35-24-12-6-21(7-13-24)16-17-30-26(34)15-14-25-18(2)31-28-27(19(3)32-33(28)20(25)4)22-8-10-23(29)11-9-22/h6-13H,5,14-17H2,1-4H3,(H,30,34). The van der Waals surface area contributed by atoms with Gasteiger partial charge in [0.15, 0.2) is 5.65 Å². The normalized spacial score (nSPS) is 11.1. The molecule has 2 heterocycles. The molecule has 1 N–H and O–H groups in total. The number of nitrogens with zero attached hydrogens (tertiary/aromatic N) is 3. The van der Waals surface area contributed by atoms with Gasteiger partial charge >= 0.3 is 0 Å². The first kappa shape index (κ1) is 24.4. The van der Waals surface area contributed by atoms with Gasteiger partial charge in [0.25, 0.3) is 0 Å². The number of nitrogens with one attached hydrogen (secondary N) is 1. The minimum atomic E-state index is -0.275. The van der Waals surface area contributed by atoms with Crippen LogP contribution in [0.3, 0.4) is 0 Å². The molecular formula is C28H31FN4O2. The van der Waals surface area contributed by atoms with Crippen LogP contribution in [-0.2, 0) is 17.6 Å². The van der Waals surface area contributed by atoms with Gasteiger partial charge in [0.2, 0.25) is 5.91 Å². The topological polar surface area (TPSA) is 68.5 Å². The number of ether oxygens (including phenoxy) is 1. The minimum Gasteiger partial charge on any atom is -0.494 e. The Morgan fingerprint density at radius 2 is 1.71 bits per heavy atom. The summed E-state index contributed by atoms with van der Waals surface area (Å²) in [5.74, 6) is 0.593. The Bertz CT molecular complexity index is 1330. The lowest BCUT2D eigenvalue weighted by Gasteiger charge is -2.12. The van der Waals surface area contributed by atoms with Gasteiger partial charge in [0.1, 0.15) is 11.6 Å². The van der Waals surface area contributed by atoms with Gasteiger partial charge in [-0.2, -0.15) is 5.10 Å². The first-order valence-corrected chi connectivity index (χ1v) is 12.0. The van der Waals surface area contributed by atoms with E-state index in [-0.39, 0.29) is 11.7 Å². The predicted molar refractivity (Wildman–Crippen MR) is 135 cm³/mol. The zero-order valence-electron chi connectivity index (χ0n) is 20.7. The average molecular weight is 475 g/mol. The van der Waals surface area contributed by atoms with E-state index in [1.165, 1.54) is 12.1 Å². The summed E-state index contributed by atoms with van der Waals surface area (Å²) >= 11 is 0. The van der Waals surface area contributed by atoms with Crippen LogP contribution in [0.25, 0.3) is 16.8 Å². The highest BCUT2D eigenvalue weighted by molar-refractivity contribution is 5.80. The third-order valence-corrected chi connectivity index (χ3v) is 6.21. The van der Waals surface area contributed by atoms with Crippen molar-refractivity contribution in [3.63, 3.8) is 0 Å². The summed E-state index contributed by atoms with van der Waals surface area (Å²) in [6, 6.07) is 14.3. The molecule has 0 aliphatic heterocycles. The number of aryl methyl sites for hydroxylation is 3. The zero-order valence-corrected chi connectivity index (χ0v) is 20.7. The molecule has 2 aromatic carbocycles. The highest BCUT2D eigenvalue weighted by atomic mass is 19.1. The second kappa shape index (κ2) is 10.7. The summed E-state index contributed by atoms with van der Waals surface area (Å²) in [6.07, 6.45) is 1.73. The lowest BCUT2D eigenvalue weighted by atomic mass is 10.0. The van der Waals surface area contributed by atoms with E-state index in [1.54, 1.807) is 12.1 Å². The minimum absolute atomic E-state index is 0.0125. The van der Waals surface area contributed by atoms with Crippen molar-refractivity contribution in [3.8, 4) is 16.9 Å². The number of rotatable bonds is 9. The largest absolute Gasteiger partial charge is 0.494 e. The Morgan fingerprint density at radius 1 is 1.00 bits per heavy atom. The number of carbonyl (C=O) groups is 1. The van der Waals surface area contributed by atoms with E-state index in [4.69, 9.17) is 14.8 Å². The van der Waals surface area contributed by atoms with Crippen LogP contribution in [0.1, 0.15) is 41.6 Å². The monoisotopic (exact) mass is 474 g/mol. The summed E-state index contributed by atoms with van der Waals surface area (Å²) in [5, 5.41) is 7.71. The Labute approximate surface area is 205 Å². The summed E-state index contributed by atoms with van der Waals surface area (Å²) in [4.78, 5) is 17.3. The van der Waals surface area contributed by atoms with E-state index in [9.17, 15) is 9.18 Å². The zero-order chi connectivity index (χ0) is 24.9. The number of hydrogen-bond acceptors (Lipinski definition) is 4. The molecule has 0 unspecified atom stereocenters. The van der Waals surface area contributed by atoms with E-state index in [1.807, 2.05) is 56.5 Å². The molecule has 0 aliphatic rings. The molecule has 0 aliphatic carbocycles. The third kappa shape index (κ3) is 5.50. The molecule has 35 heavy (non-hydrogen) atoms. The van der Waals surface area contributed by atoms with Crippen molar-refractivity contribution in [3.05, 3.63) is 82.6 Å². The fraction of sp³-hybridized carbons (Fsp3) is 0.321. The Kier molecular flexibility index (Phi) is 7.44. The summed E-state index contributed by atoms with van der Waals surface area (Å²) in [5.41, 5.74) is 7.36.